The molecule has 1 aliphatic rings. The highest BCUT2D eigenvalue weighted by Crippen LogP contribution is 2.35. The van der Waals surface area contributed by atoms with E-state index in [9.17, 15) is 0 Å². The van der Waals surface area contributed by atoms with Gasteiger partial charge in [-0.2, -0.15) is 0 Å². The van der Waals surface area contributed by atoms with Crippen molar-refractivity contribution in [2.24, 2.45) is 0 Å². The summed E-state index contributed by atoms with van der Waals surface area (Å²) in [6, 6.07) is 14.3. The van der Waals surface area contributed by atoms with E-state index < -0.39 is 0 Å². The van der Waals surface area contributed by atoms with E-state index in [-0.39, 0.29) is 12.1 Å². The number of benzene rings is 2. The van der Waals surface area contributed by atoms with Crippen molar-refractivity contribution in [3.8, 4) is 17.2 Å². The molecule has 0 saturated carbocycles. The van der Waals surface area contributed by atoms with E-state index in [1.165, 1.54) is 0 Å². The number of nitrogens with one attached hydrogen (secondary N) is 1. The van der Waals surface area contributed by atoms with Crippen molar-refractivity contribution >= 4 is 11.8 Å². The van der Waals surface area contributed by atoms with Crippen LogP contribution in [0.5, 0.6) is 17.2 Å². The average Bonchev–Trinajstić information content (AvgIpc) is 2.72. The molecule has 6 heteroatoms. The molecule has 0 spiro atoms. The number of methoxy groups -OCH3 is 3. The van der Waals surface area contributed by atoms with E-state index >= 15 is 0 Å². The summed E-state index contributed by atoms with van der Waals surface area (Å²) < 4.78 is 18.1. The Bertz CT molecular complexity index is 756. The fourth-order valence-electron chi connectivity index (χ4n) is 3.65. The minimum atomic E-state index is 0.0760. The number of nitrogens with zero attached hydrogens (tertiary/aromatic N) is 1. The first-order valence-corrected chi connectivity index (χ1v) is 9.50. The number of piperidine rings is 1. The van der Waals surface area contributed by atoms with Gasteiger partial charge in [0.1, 0.15) is 17.2 Å². The van der Waals surface area contributed by atoms with Crippen LogP contribution in [0.25, 0.3) is 0 Å². The van der Waals surface area contributed by atoms with Gasteiger partial charge in [0.15, 0.2) is 0 Å². The van der Waals surface area contributed by atoms with Crippen molar-refractivity contribution < 1.29 is 14.2 Å². The van der Waals surface area contributed by atoms with E-state index in [0.29, 0.717) is 6.54 Å². The summed E-state index contributed by atoms with van der Waals surface area (Å²) >= 11 is 6.60. The maximum atomic E-state index is 6.60. The SMILES string of the molecule is COc1cccc(C2C(NCc3cc(OC)ccc3OC)CCCN2Cl)c1. The molecule has 1 aliphatic heterocycles. The van der Waals surface area contributed by atoms with Crippen molar-refractivity contribution in [1.82, 2.24) is 9.74 Å². The molecule has 2 aromatic rings. The summed E-state index contributed by atoms with van der Waals surface area (Å²) in [5, 5.41) is 3.68. The van der Waals surface area contributed by atoms with Gasteiger partial charge in [-0.1, -0.05) is 12.1 Å². The third kappa shape index (κ3) is 4.67. The van der Waals surface area contributed by atoms with Crippen LogP contribution in [0.4, 0.5) is 0 Å². The zero-order valence-corrected chi connectivity index (χ0v) is 16.8. The molecule has 2 aromatic carbocycles. The fourth-order valence-corrected chi connectivity index (χ4v) is 4.02. The quantitative estimate of drug-likeness (QED) is 0.719. The minimum absolute atomic E-state index is 0.0760. The second-order valence-corrected chi connectivity index (χ2v) is 7.09. The summed E-state index contributed by atoms with van der Waals surface area (Å²) in [5.41, 5.74) is 2.21. The Balaban J connectivity index is 1.79. The zero-order chi connectivity index (χ0) is 19.2. The van der Waals surface area contributed by atoms with Crippen molar-refractivity contribution in [2.75, 3.05) is 27.9 Å². The van der Waals surface area contributed by atoms with Crippen molar-refractivity contribution in [3.05, 3.63) is 53.6 Å². The third-order valence-electron chi connectivity index (χ3n) is 5.05. The lowest BCUT2D eigenvalue weighted by Gasteiger charge is -2.38. The molecule has 2 unspecified atom stereocenters. The number of rotatable bonds is 7. The largest absolute Gasteiger partial charge is 0.497 e. The first kappa shape index (κ1) is 19.8. The van der Waals surface area contributed by atoms with Gasteiger partial charge in [0.25, 0.3) is 0 Å². The fraction of sp³-hybridized carbons (Fsp3) is 0.429. The molecule has 0 aromatic heterocycles. The van der Waals surface area contributed by atoms with Gasteiger partial charge in [0, 0.05) is 24.7 Å². The summed E-state index contributed by atoms with van der Waals surface area (Å²) in [5.74, 6) is 2.51. The van der Waals surface area contributed by atoms with E-state index in [0.717, 1.165) is 47.8 Å². The second-order valence-electron chi connectivity index (χ2n) is 6.65. The Morgan fingerprint density at radius 1 is 1.04 bits per heavy atom. The highest BCUT2D eigenvalue weighted by atomic mass is 35.5. The molecule has 146 valence electrons. The monoisotopic (exact) mass is 390 g/mol. The lowest BCUT2D eigenvalue weighted by Crippen LogP contribution is -2.44. The Morgan fingerprint density at radius 2 is 1.81 bits per heavy atom. The lowest BCUT2D eigenvalue weighted by atomic mass is 9.92. The maximum Gasteiger partial charge on any atom is 0.123 e. The average molecular weight is 391 g/mol. The molecular weight excluding hydrogens is 364 g/mol. The molecule has 0 radical (unpaired) electrons. The summed E-state index contributed by atoms with van der Waals surface area (Å²) in [6.45, 7) is 1.54. The summed E-state index contributed by atoms with van der Waals surface area (Å²) in [6.07, 6.45) is 2.11. The molecule has 1 N–H and O–H groups in total. The molecule has 3 rings (SSSR count). The normalized spacial score (nSPS) is 20.3. The topological polar surface area (TPSA) is 43.0 Å². The predicted octanol–water partition coefficient (Wildman–Crippen LogP) is 4.16. The predicted molar refractivity (Wildman–Crippen MR) is 108 cm³/mol. The van der Waals surface area contributed by atoms with Gasteiger partial charge in [-0.3, -0.25) is 0 Å². The minimum Gasteiger partial charge on any atom is -0.497 e. The summed E-state index contributed by atoms with van der Waals surface area (Å²) in [7, 11) is 5.04. The van der Waals surface area contributed by atoms with Gasteiger partial charge in [-0.15, -0.1) is 0 Å². The van der Waals surface area contributed by atoms with Gasteiger partial charge < -0.3 is 19.5 Å². The molecule has 2 atom stereocenters. The van der Waals surface area contributed by atoms with E-state index in [1.54, 1.807) is 21.3 Å². The van der Waals surface area contributed by atoms with Crippen molar-refractivity contribution in [2.45, 2.75) is 31.5 Å². The molecule has 0 aliphatic carbocycles. The van der Waals surface area contributed by atoms with E-state index in [2.05, 4.69) is 17.4 Å². The molecule has 0 amide bonds. The van der Waals surface area contributed by atoms with Crippen LogP contribution < -0.4 is 19.5 Å². The van der Waals surface area contributed by atoms with Crippen LogP contribution in [0.3, 0.4) is 0 Å². The second kappa shape index (κ2) is 9.31. The third-order valence-corrected chi connectivity index (χ3v) is 5.43. The van der Waals surface area contributed by atoms with Gasteiger partial charge in [-0.05, 0) is 60.5 Å². The van der Waals surface area contributed by atoms with Crippen LogP contribution in [0.1, 0.15) is 30.0 Å². The Hall–Kier alpha value is -1.95. The van der Waals surface area contributed by atoms with Gasteiger partial charge in [0.05, 0.1) is 27.4 Å². The Morgan fingerprint density at radius 3 is 2.56 bits per heavy atom. The highest BCUT2D eigenvalue weighted by Gasteiger charge is 2.32. The number of halogens is 1. The molecular formula is C21H27ClN2O3. The van der Waals surface area contributed by atoms with Crippen LogP contribution in [-0.2, 0) is 6.54 Å². The van der Waals surface area contributed by atoms with E-state index in [1.807, 2.05) is 34.8 Å². The molecule has 27 heavy (non-hydrogen) atoms. The van der Waals surface area contributed by atoms with Crippen molar-refractivity contribution in [3.63, 3.8) is 0 Å². The zero-order valence-electron chi connectivity index (χ0n) is 16.1. The highest BCUT2D eigenvalue weighted by molar-refractivity contribution is 6.13. The Kier molecular flexibility index (Phi) is 6.83. The van der Waals surface area contributed by atoms with E-state index in [4.69, 9.17) is 26.0 Å². The molecule has 1 heterocycles. The standard InChI is InChI=1S/C21H27ClN2O3/c1-25-17-7-4-6-15(12-17)21-19(8-5-11-24(21)22)23-14-16-13-18(26-2)9-10-20(16)27-3/h4,6-7,9-10,12-13,19,21,23H,5,8,11,14H2,1-3H3. The maximum absolute atomic E-state index is 6.60. The number of ether oxygens (including phenoxy) is 3. The lowest BCUT2D eigenvalue weighted by molar-refractivity contribution is 0.202. The van der Waals surface area contributed by atoms with Crippen LogP contribution in [0.2, 0.25) is 0 Å². The van der Waals surface area contributed by atoms with Gasteiger partial charge in [0.2, 0.25) is 0 Å². The van der Waals surface area contributed by atoms with Gasteiger partial charge in [-0.25, -0.2) is 4.42 Å². The summed E-state index contributed by atoms with van der Waals surface area (Å²) in [4.78, 5) is 0. The Labute approximate surface area is 166 Å². The van der Waals surface area contributed by atoms with Gasteiger partial charge >= 0.3 is 0 Å². The van der Waals surface area contributed by atoms with Crippen LogP contribution in [-0.4, -0.2) is 38.3 Å². The number of hydrogen-bond donors (Lipinski definition) is 1. The molecule has 5 nitrogen and oxygen atoms in total. The molecule has 1 saturated heterocycles. The smallest absolute Gasteiger partial charge is 0.123 e. The number of hydrogen-bond acceptors (Lipinski definition) is 5. The first-order valence-electron chi connectivity index (χ1n) is 9.17. The van der Waals surface area contributed by atoms with Crippen LogP contribution in [0.15, 0.2) is 42.5 Å². The van der Waals surface area contributed by atoms with Crippen LogP contribution in [0, 0.1) is 0 Å². The first-order chi connectivity index (χ1) is 13.2. The van der Waals surface area contributed by atoms with Crippen molar-refractivity contribution in [1.29, 1.82) is 0 Å². The molecule has 0 bridgehead atoms. The van der Waals surface area contributed by atoms with Crippen LogP contribution >= 0.6 is 11.8 Å². The molecule has 1 fully saturated rings.